The third-order valence-corrected chi connectivity index (χ3v) is 7.29. The van der Waals surface area contributed by atoms with E-state index in [2.05, 4.69) is 10.6 Å². The predicted molar refractivity (Wildman–Crippen MR) is 105 cm³/mol. The van der Waals surface area contributed by atoms with Crippen LogP contribution in [0.4, 0.5) is 0 Å². The first-order valence-corrected chi connectivity index (χ1v) is 10.7. The largest absolute Gasteiger partial charge is 0.384 e. The molecule has 1 heterocycles. The number of amides is 1. The van der Waals surface area contributed by atoms with Crippen molar-refractivity contribution in [2.45, 2.75) is 44.2 Å². The van der Waals surface area contributed by atoms with Gasteiger partial charge in [-0.2, -0.15) is 4.31 Å². The fourth-order valence-electron chi connectivity index (χ4n) is 3.21. The molecule has 0 atom stereocenters. The number of benzene rings is 1. The summed E-state index contributed by atoms with van der Waals surface area (Å²) in [6.45, 7) is 6.02. The van der Waals surface area contributed by atoms with Crippen molar-refractivity contribution in [1.82, 2.24) is 14.9 Å². The number of nitrogens with one attached hydrogen (secondary N) is 2. The number of piperidine rings is 1. The fraction of sp³-hybridized carbons (Fsp3) is 0.632. The quantitative estimate of drug-likeness (QED) is 0.691. The molecule has 1 aromatic carbocycles. The lowest BCUT2D eigenvalue weighted by molar-refractivity contribution is -0.136. The number of hydrogen-bond acceptors (Lipinski definition) is 5. The number of carbonyl (C=O) groups excluding carboxylic acids is 1. The number of carbonyl (C=O) groups is 1. The molecule has 8 heteroatoms. The molecule has 1 aromatic rings. The highest BCUT2D eigenvalue weighted by Crippen LogP contribution is 2.29. The van der Waals surface area contributed by atoms with Gasteiger partial charge < -0.3 is 15.4 Å². The monoisotopic (exact) mass is 397 g/mol. The van der Waals surface area contributed by atoms with Gasteiger partial charge in [0.05, 0.1) is 16.9 Å². The zero-order valence-corrected chi connectivity index (χ0v) is 17.4. The molecule has 0 saturated carbocycles. The molecule has 1 aliphatic heterocycles. The molecule has 2 N–H and O–H groups in total. The number of sulfonamides is 1. The van der Waals surface area contributed by atoms with Gasteiger partial charge >= 0.3 is 0 Å². The molecule has 2 rings (SSSR count). The number of hydrogen-bond donors (Lipinski definition) is 2. The normalized spacial score (nSPS) is 17.3. The molecule has 0 unspecified atom stereocenters. The van der Waals surface area contributed by atoms with Crippen LogP contribution in [-0.4, -0.2) is 58.5 Å². The molecule has 27 heavy (non-hydrogen) atoms. The van der Waals surface area contributed by atoms with Gasteiger partial charge in [0, 0.05) is 26.7 Å². The Morgan fingerprint density at radius 2 is 1.85 bits per heavy atom. The van der Waals surface area contributed by atoms with E-state index in [0.717, 1.165) is 31.5 Å². The van der Waals surface area contributed by atoms with E-state index >= 15 is 0 Å². The Morgan fingerprint density at radius 3 is 2.37 bits per heavy atom. The van der Waals surface area contributed by atoms with E-state index in [1.165, 1.54) is 4.31 Å². The van der Waals surface area contributed by atoms with E-state index in [4.69, 9.17) is 4.74 Å². The highest BCUT2D eigenvalue weighted by Gasteiger charge is 2.39. The molecule has 0 spiro atoms. The fourth-order valence-corrected chi connectivity index (χ4v) is 4.58. The van der Waals surface area contributed by atoms with Crippen LogP contribution in [0.25, 0.3) is 0 Å². The maximum Gasteiger partial charge on any atom is 0.243 e. The van der Waals surface area contributed by atoms with Crippen LogP contribution in [0.5, 0.6) is 0 Å². The third kappa shape index (κ3) is 5.07. The summed E-state index contributed by atoms with van der Waals surface area (Å²) in [6.07, 6.45) is 1.48. The van der Waals surface area contributed by atoms with Crippen LogP contribution in [0.15, 0.2) is 29.2 Å². The molecular weight excluding hydrogens is 366 g/mol. The number of nitrogens with zero attached hydrogens (tertiary/aromatic N) is 1. The lowest BCUT2D eigenvalue weighted by Crippen LogP contribution is -2.49. The Kier molecular flexibility index (Phi) is 7.39. The second-order valence-corrected chi connectivity index (χ2v) is 9.40. The van der Waals surface area contributed by atoms with Crippen molar-refractivity contribution in [3.63, 3.8) is 0 Å². The van der Waals surface area contributed by atoms with Gasteiger partial charge in [-0.3, -0.25) is 4.79 Å². The van der Waals surface area contributed by atoms with E-state index in [9.17, 15) is 13.2 Å². The van der Waals surface area contributed by atoms with Crippen LogP contribution < -0.4 is 10.6 Å². The van der Waals surface area contributed by atoms with Crippen LogP contribution in [0.2, 0.25) is 0 Å². The van der Waals surface area contributed by atoms with Crippen molar-refractivity contribution in [2.75, 3.05) is 33.9 Å². The predicted octanol–water partition coefficient (Wildman–Crippen LogP) is 1.35. The first-order chi connectivity index (χ1) is 12.7. The summed E-state index contributed by atoms with van der Waals surface area (Å²) in [7, 11) is -0.311. The summed E-state index contributed by atoms with van der Waals surface area (Å²) in [5.74, 6) is -0.0120. The minimum atomic E-state index is -3.50. The molecular formula is C19H31N3O4S. The van der Waals surface area contributed by atoms with Crippen molar-refractivity contribution in [3.05, 3.63) is 29.8 Å². The molecule has 0 aliphatic carbocycles. The summed E-state index contributed by atoms with van der Waals surface area (Å²) in [4.78, 5) is 13.0. The lowest BCUT2D eigenvalue weighted by Gasteiger charge is -2.35. The summed E-state index contributed by atoms with van der Waals surface area (Å²) in [5, 5.41) is 6.25. The van der Waals surface area contributed by atoms with E-state index in [-0.39, 0.29) is 16.8 Å². The zero-order chi connectivity index (χ0) is 20.1. The third-order valence-electron chi connectivity index (χ3n) is 5.24. The molecule has 1 amide bonds. The number of ether oxygens (including phenoxy) is 1. The molecule has 1 aliphatic rings. The van der Waals surface area contributed by atoms with Gasteiger partial charge in [0.2, 0.25) is 15.9 Å². The van der Waals surface area contributed by atoms with Crippen molar-refractivity contribution >= 4 is 15.9 Å². The minimum absolute atomic E-state index is 0.0120. The maximum atomic E-state index is 12.8. The Hall–Kier alpha value is -1.48. The smallest absolute Gasteiger partial charge is 0.243 e. The lowest BCUT2D eigenvalue weighted by atomic mass is 9.78. The summed E-state index contributed by atoms with van der Waals surface area (Å²) in [5.41, 5.74) is 0.361. The van der Waals surface area contributed by atoms with Gasteiger partial charge in [-0.05, 0) is 57.5 Å². The highest BCUT2D eigenvalue weighted by atomic mass is 32.2. The Morgan fingerprint density at radius 1 is 1.26 bits per heavy atom. The minimum Gasteiger partial charge on any atom is -0.384 e. The molecule has 1 fully saturated rings. The summed E-state index contributed by atoms with van der Waals surface area (Å²) < 4.78 is 31.7. The standard InChI is InChI=1S/C19H31N3O4S/c1-15(2)22(3)27(24,25)17-7-5-16(6-8-17)13-21-18(23)19(14-26-4)9-11-20-12-10-19/h5-8,15,20H,9-14H2,1-4H3,(H,21,23). The summed E-state index contributed by atoms with van der Waals surface area (Å²) in [6, 6.07) is 6.55. The van der Waals surface area contributed by atoms with Crippen molar-refractivity contribution in [1.29, 1.82) is 0 Å². The van der Waals surface area contributed by atoms with Gasteiger partial charge in [-0.15, -0.1) is 0 Å². The molecule has 0 radical (unpaired) electrons. The Bertz CT molecular complexity index is 720. The molecule has 0 aromatic heterocycles. The first-order valence-electron chi connectivity index (χ1n) is 9.28. The summed E-state index contributed by atoms with van der Waals surface area (Å²) >= 11 is 0. The van der Waals surface area contributed by atoms with Crippen molar-refractivity contribution in [3.8, 4) is 0 Å². The number of rotatable bonds is 8. The molecule has 152 valence electrons. The second-order valence-electron chi connectivity index (χ2n) is 7.40. The van der Waals surface area contributed by atoms with Gasteiger partial charge in [0.15, 0.2) is 0 Å². The highest BCUT2D eigenvalue weighted by molar-refractivity contribution is 7.89. The van der Waals surface area contributed by atoms with E-state index < -0.39 is 15.4 Å². The average Bonchev–Trinajstić information content (AvgIpc) is 2.66. The molecule has 1 saturated heterocycles. The van der Waals surface area contributed by atoms with Crippen molar-refractivity contribution in [2.24, 2.45) is 5.41 Å². The Labute approximate surface area is 162 Å². The van der Waals surface area contributed by atoms with Crippen molar-refractivity contribution < 1.29 is 17.9 Å². The van der Waals surface area contributed by atoms with E-state index in [1.807, 2.05) is 13.8 Å². The SMILES string of the molecule is COCC1(C(=O)NCc2ccc(S(=O)(=O)N(C)C(C)C)cc2)CCNCC1. The van der Waals surface area contributed by atoms with Crippen LogP contribution in [-0.2, 0) is 26.1 Å². The molecule has 7 nitrogen and oxygen atoms in total. The van der Waals surface area contributed by atoms with E-state index in [1.54, 1.807) is 38.4 Å². The molecule has 0 bridgehead atoms. The Balaban J connectivity index is 2.03. The van der Waals surface area contributed by atoms with Crippen LogP contribution >= 0.6 is 0 Å². The van der Waals surface area contributed by atoms with Crippen LogP contribution in [0, 0.1) is 5.41 Å². The zero-order valence-electron chi connectivity index (χ0n) is 16.6. The van der Waals surface area contributed by atoms with Gasteiger partial charge in [-0.1, -0.05) is 12.1 Å². The van der Waals surface area contributed by atoms with Gasteiger partial charge in [0.25, 0.3) is 0 Å². The van der Waals surface area contributed by atoms with Crippen LogP contribution in [0.3, 0.4) is 0 Å². The van der Waals surface area contributed by atoms with Gasteiger partial charge in [0.1, 0.15) is 0 Å². The second kappa shape index (κ2) is 9.14. The maximum absolute atomic E-state index is 12.8. The van der Waals surface area contributed by atoms with E-state index in [0.29, 0.717) is 13.2 Å². The van der Waals surface area contributed by atoms with Crippen LogP contribution in [0.1, 0.15) is 32.3 Å². The van der Waals surface area contributed by atoms with Gasteiger partial charge in [-0.25, -0.2) is 8.42 Å². The number of methoxy groups -OCH3 is 1. The topological polar surface area (TPSA) is 87.7 Å². The average molecular weight is 398 g/mol. The first kappa shape index (κ1) is 21.8.